The number of amides is 1. The van der Waals surface area contributed by atoms with E-state index in [0.717, 1.165) is 26.2 Å². The van der Waals surface area contributed by atoms with Crippen molar-refractivity contribution in [3.63, 3.8) is 0 Å². The van der Waals surface area contributed by atoms with E-state index < -0.39 is 0 Å². The van der Waals surface area contributed by atoms with E-state index in [0.29, 0.717) is 6.42 Å². The number of hydrogen-bond donors (Lipinski definition) is 2. The molecule has 0 aromatic carbocycles. The lowest BCUT2D eigenvalue weighted by Gasteiger charge is -2.27. The lowest BCUT2D eigenvalue weighted by molar-refractivity contribution is -0.122. The van der Waals surface area contributed by atoms with E-state index in [2.05, 4.69) is 31.0 Å². The summed E-state index contributed by atoms with van der Waals surface area (Å²) in [4.78, 5) is 14.1. The number of thioether (sulfide) groups is 1. The minimum Gasteiger partial charge on any atom is -0.355 e. The van der Waals surface area contributed by atoms with Gasteiger partial charge in [-0.05, 0) is 5.41 Å². The van der Waals surface area contributed by atoms with Gasteiger partial charge in [-0.3, -0.25) is 9.69 Å². The van der Waals surface area contributed by atoms with Crippen LogP contribution in [0.4, 0.5) is 0 Å². The fourth-order valence-electron chi connectivity index (χ4n) is 1.76. The van der Waals surface area contributed by atoms with Crippen molar-refractivity contribution in [2.75, 3.05) is 37.7 Å². The first-order chi connectivity index (χ1) is 8.39. The summed E-state index contributed by atoms with van der Waals surface area (Å²) in [6.07, 6.45) is 0.416. The Morgan fingerprint density at radius 2 is 2.00 bits per heavy atom. The second kappa shape index (κ2) is 7.36. The molecule has 1 unspecified atom stereocenters. The Labute approximate surface area is 115 Å². The molecular formula is C13H27N3OS. The van der Waals surface area contributed by atoms with Crippen molar-refractivity contribution in [1.29, 1.82) is 0 Å². The second-order valence-electron chi connectivity index (χ2n) is 5.98. The van der Waals surface area contributed by atoms with Gasteiger partial charge in [0.05, 0.1) is 0 Å². The molecule has 1 saturated heterocycles. The van der Waals surface area contributed by atoms with Crippen molar-refractivity contribution in [1.82, 2.24) is 10.2 Å². The van der Waals surface area contributed by atoms with Crippen molar-refractivity contribution in [3.05, 3.63) is 0 Å². The van der Waals surface area contributed by atoms with E-state index in [9.17, 15) is 4.79 Å². The molecule has 1 fully saturated rings. The second-order valence-corrected chi connectivity index (χ2v) is 7.21. The number of nitrogens with one attached hydrogen (secondary N) is 1. The molecule has 1 amide bonds. The molecule has 5 heteroatoms. The van der Waals surface area contributed by atoms with Gasteiger partial charge >= 0.3 is 0 Å². The minimum absolute atomic E-state index is 0.0125. The molecule has 0 aromatic heterocycles. The maximum Gasteiger partial charge on any atom is 0.221 e. The standard InChI is InChI=1S/C13H27N3OS/c1-13(2,3)11(14)10-12(17)15-4-5-16-6-8-18-9-7-16/h11H,4-10,14H2,1-3H3,(H,15,17). The molecular weight excluding hydrogens is 246 g/mol. The molecule has 1 heterocycles. The van der Waals surface area contributed by atoms with Crippen molar-refractivity contribution in [3.8, 4) is 0 Å². The zero-order valence-electron chi connectivity index (χ0n) is 11.9. The highest BCUT2D eigenvalue weighted by molar-refractivity contribution is 7.99. The number of rotatable bonds is 5. The van der Waals surface area contributed by atoms with Crippen LogP contribution in [0.5, 0.6) is 0 Å². The Balaban J connectivity index is 2.13. The van der Waals surface area contributed by atoms with Crippen LogP contribution in [0.25, 0.3) is 0 Å². The highest BCUT2D eigenvalue weighted by Crippen LogP contribution is 2.19. The summed E-state index contributed by atoms with van der Waals surface area (Å²) in [5.74, 6) is 2.50. The molecule has 3 N–H and O–H groups in total. The molecule has 1 rings (SSSR count). The number of nitrogens with zero attached hydrogens (tertiary/aromatic N) is 1. The van der Waals surface area contributed by atoms with Crippen LogP contribution in [-0.2, 0) is 4.79 Å². The van der Waals surface area contributed by atoms with Crippen LogP contribution in [0.15, 0.2) is 0 Å². The van der Waals surface area contributed by atoms with E-state index in [1.165, 1.54) is 11.5 Å². The van der Waals surface area contributed by atoms with Gasteiger partial charge < -0.3 is 11.1 Å². The number of carbonyl (C=O) groups is 1. The summed E-state index contributed by atoms with van der Waals surface area (Å²) in [5, 5.41) is 2.97. The SMILES string of the molecule is CC(C)(C)C(N)CC(=O)NCCN1CCSCC1. The van der Waals surface area contributed by atoms with Crippen LogP contribution in [0, 0.1) is 5.41 Å². The normalized spacial score (nSPS) is 19.6. The fourth-order valence-corrected chi connectivity index (χ4v) is 2.74. The van der Waals surface area contributed by atoms with Crippen LogP contribution in [0.2, 0.25) is 0 Å². The molecule has 1 aliphatic heterocycles. The third kappa shape index (κ3) is 6.07. The van der Waals surface area contributed by atoms with Crippen LogP contribution in [0.1, 0.15) is 27.2 Å². The summed E-state index contributed by atoms with van der Waals surface area (Å²) in [5.41, 5.74) is 5.98. The van der Waals surface area contributed by atoms with Crippen LogP contribution >= 0.6 is 11.8 Å². The van der Waals surface area contributed by atoms with Gasteiger partial charge in [-0.15, -0.1) is 0 Å². The highest BCUT2D eigenvalue weighted by Gasteiger charge is 2.23. The molecule has 4 nitrogen and oxygen atoms in total. The summed E-state index contributed by atoms with van der Waals surface area (Å²) in [7, 11) is 0. The van der Waals surface area contributed by atoms with Crippen LogP contribution in [-0.4, -0.2) is 54.5 Å². The zero-order chi connectivity index (χ0) is 13.6. The zero-order valence-corrected chi connectivity index (χ0v) is 12.7. The maximum atomic E-state index is 11.7. The molecule has 0 saturated carbocycles. The van der Waals surface area contributed by atoms with Gasteiger partial charge in [0.25, 0.3) is 0 Å². The summed E-state index contributed by atoms with van der Waals surface area (Å²) in [6.45, 7) is 10.2. The van der Waals surface area contributed by atoms with Crippen molar-refractivity contribution < 1.29 is 4.79 Å². The highest BCUT2D eigenvalue weighted by atomic mass is 32.2. The third-order valence-corrected chi connectivity index (χ3v) is 4.31. The molecule has 0 aromatic rings. The van der Waals surface area contributed by atoms with E-state index in [4.69, 9.17) is 5.73 Å². The van der Waals surface area contributed by atoms with Crippen LogP contribution in [0.3, 0.4) is 0 Å². The van der Waals surface area contributed by atoms with Gasteiger partial charge in [-0.1, -0.05) is 20.8 Å². The molecule has 0 radical (unpaired) electrons. The Morgan fingerprint density at radius 1 is 1.39 bits per heavy atom. The Bertz CT molecular complexity index is 259. The topological polar surface area (TPSA) is 58.4 Å². The maximum absolute atomic E-state index is 11.7. The largest absolute Gasteiger partial charge is 0.355 e. The smallest absolute Gasteiger partial charge is 0.221 e. The first-order valence-corrected chi connectivity index (χ1v) is 7.87. The first-order valence-electron chi connectivity index (χ1n) is 6.72. The van der Waals surface area contributed by atoms with Gasteiger partial charge in [0.2, 0.25) is 5.91 Å². The number of hydrogen-bond acceptors (Lipinski definition) is 4. The summed E-state index contributed by atoms with van der Waals surface area (Å²) < 4.78 is 0. The monoisotopic (exact) mass is 273 g/mol. The van der Waals surface area contributed by atoms with E-state index >= 15 is 0 Å². The Hall–Kier alpha value is -0.260. The van der Waals surface area contributed by atoms with Gasteiger partial charge in [-0.25, -0.2) is 0 Å². The minimum atomic E-state index is -0.0797. The fraction of sp³-hybridized carbons (Fsp3) is 0.923. The molecule has 1 aliphatic rings. The number of nitrogens with two attached hydrogens (primary N) is 1. The first kappa shape index (κ1) is 15.8. The average molecular weight is 273 g/mol. The summed E-state index contributed by atoms with van der Waals surface area (Å²) in [6, 6.07) is -0.0797. The van der Waals surface area contributed by atoms with E-state index in [-0.39, 0.29) is 17.4 Å². The van der Waals surface area contributed by atoms with Crippen molar-refractivity contribution >= 4 is 17.7 Å². The van der Waals surface area contributed by atoms with E-state index in [1.54, 1.807) is 0 Å². The van der Waals surface area contributed by atoms with Gasteiger partial charge in [0, 0.05) is 50.1 Å². The predicted octanol–water partition coefficient (Wildman–Crippen LogP) is 0.915. The third-order valence-electron chi connectivity index (χ3n) is 3.37. The molecule has 0 spiro atoms. The van der Waals surface area contributed by atoms with Gasteiger partial charge in [0.1, 0.15) is 0 Å². The van der Waals surface area contributed by atoms with Crippen LogP contribution < -0.4 is 11.1 Å². The molecule has 0 aliphatic carbocycles. The average Bonchev–Trinajstić information content (AvgIpc) is 2.29. The van der Waals surface area contributed by atoms with Crippen molar-refractivity contribution in [2.45, 2.75) is 33.2 Å². The van der Waals surface area contributed by atoms with Gasteiger partial charge in [0.15, 0.2) is 0 Å². The Morgan fingerprint density at radius 3 is 2.56 bits per heavy atom. The van der Waals surface area contributed by atoms with Gasteiger partial charge in [-0.2, -0.15) is 11.8 Å². The molecule has 18 heavy (non-hydrogen) atoms. The van der Waals surface area contributed by atoms with Crippen molar-refractivity contribution in [2.24, 2.45) is 11.1 Å². The molecule has 1 atom stereocenters. The Kier molecular flexibility index (Phi) is 6.46. The lowest BCUT2D eigenvalue weighted by Crippen LogP contribution is -2.43. The lowest BCUT2D eigenvalue weighted by atomic mass is 9.85. The molecule has 0 bridgehead atoms. The molecule has 106 valence electrons. The number of carbonyl (C=O) groups excluding carboxylic acids is 1. The van der Waals surface area contributed by atoms with E-state index in [1.807, 2.05) is 11.8 Å². The quantitative estimate of drug-likeness (QED) is 0.782. The summed E-state index contributed by atoms with van der Waals surface area (Å²) >= 11 is 2.00. The predicted molar refractivity (Wildman–Crippen MR) is 78.8 cm³/mol.